The number of methoxy groups -OCH3 is 1. The Hall–Kier alpha value is -5.47. The average Bonchev–Trinajstić information content (AvgIpc) is 3.04. The van der Waals surface area contributed by atoms with Crippen molar-refractivity contribution in [2.75, 3.05) is 25.6 Å². The molecule has 0 aromatic heterocycles. The fourth-order valence-corrected chi connectivity index (χ4v) is 4.70. The van der Waals surface area contributed by atoms with Crippen LogP contribution in [0.2, 0.25) is 0 Å². The number of nitrogens with one attached hydrogen (secondary N) is 2. The van der Waals surface area contributed by atoms with Crippen molar-refractivity contribution >= 4 is 34.2 Å². The second-order valence-electron chi connectivity index (χ2n) is 9.77. The number of hydrogen-bond acceptors (Lipinski definition) is 6. The molecule has 0 unspecified atom stereocenters. The van der Waals surface area contributed by atoms with Gasteiger partial charge in [-0.3, -0.25) is 10.2 Å². The summed E-state index contributed by atoms with van der Waals surface area (Å²) in [5.41, 5.74) is 9.32. The lowest BCUT2D eigenvalue weighted by Crippen LogP contribution is -2.15. The number of esters is 1. The van der Waals surface area contributed by atoms with E-state index >= 15 is 0 Å². The van der Waals surface area contributed by atoms with Crippen LogP contribution in [0.5, 0.6) is 5.75 Å². The molecule has 0 aliphatic heterocycles. The number of hydrogen-bond donors (Lipinski definition) is 3. The summed E-state index contributed by atoms with van der Waals surface area (Å²) < 4.78 is 16.9. The number of nitrogen functional groups attached to an aromatic ring is 1. The molecule has 0 radical (unpaired) electrons. The third-order valence-corrected chi connectivity index (χ3v) is 6.87. The van der Waals surface area contributed by atoms with Crippen LogP contribution in [0.4, 0.5) is 5.69 Å². The fraction of sp³-hybridized carbons (Fsp3) is 0.114. The predicted octanol–water partition coefficient (Wildman–Crippen LogP) is 6.43. The van der Waals surface area contributed by atoms with Gasteiger partial charge in [-0.1, -0.05) is 60.7 Å². The van der Waals surface area contributed by atoms with Crippen molar-refractivity contribution in [3.63, 3.8) is 0 Å². The number of ether oxygens (including phenoxy) is 3. The normalized spacial score (nSPS) is 10.7. The highest BCUT2D eigenvalue weighted by Gasteiger charge is 2.22. The minimum atomic E-state index is -0.525. The van der Waals surface area contributed by atoms with E-state index in [1.165, 1.54) is 0 Å². The molecule has 0 saturated heterocycles. The molecule has 0 heterocycles. The van der Waals surface area contributed by atoms with Crippen LogP contribution in [0.1, 0.15) is 31.8 Å². The smallest absolute Gasteiger partial charge is 0.339 e. The summed E-state index contributed by atoms with van der Waals surface area (Å²) in [5, 5.41) is 12.1. The minimum absolute atomic E-state index is 0.0570. The number of rotatable bonds is 11. The Labute approximate surface area is 249 Å². The van der Waals surface area contributed by atoms with Gasteiger partial charge in [-0.2, -0.15) is 0 Å². The lowest BCUT2D eigenvalue weighted by atomic mass is 9.92. The predicted molar refractivity (Wildman–Crippen MR) is 168 cm³/mol. The molecular weight excluding hydrogens is 542 g/mol. The zero-order valence-corrected chi connectivity index (χ0v) is 23.6. The number of amidine groups is 1. The van der Waals surface area contributed by atoms with Crippen LogP contribution in [0.15, 0.2) is 109 Å². The van der Waals surface area contributed by atoms with Gasteiger partial charge in [-0.25, -0.2) is 4.79 Å². The van der Waals surface area contributed by atoms with E-state index in [1.807, 2.05) is 66.7 Å². The first-order valence-corrected chi connectivity index (χ1v) is 13.7. The fourth-order valence-electron chi connectivity index (χ4n) is 4.70. The molecule has 0 aliphatic carbocycles. The van der Waals surface area contributed by atoms with Gasteiger partial charge in [-0.15, -0.1) is 0 Å². The molecule has 0 aliphatic rings. The van der Waals surface area contributed by atoms with E-state index < -0.39 is 5.97 Å². The number of fused-ring (bicyclic) bond motifs is 1. The Morgan fingerprint density at radius 2 is 1.53 bits per heavy atom. The summed E-state index contributed by atoms with van der Waals surface area (Å²) in [4.78, 5) is 27.2. The molecular formula is C35H31N3O5. The third-order valence-electron chi connectivity index (χ3n) is 6.87. The zero-order chi connectivity index (χ0) is 30.2. The number of carbonyl (C=O) groups excluding carboxylic acids is 2. The zero-order valence-electron chi connectivity index (χ0n) is 23.6. The van der Waals surface area contributed by atoms with Crippen molar-refractivity contribution in [3.8, 4) is 16.9 Å². The van der Waals surface area contributed by atoms with Gasteiger partial charge in [0.15, 0.2) is 0 Å². The first-order valence-electron chi connectivity index (χ1n) is 13.7. The van der Waals surface area contributed by atoms with Crippen molar-refractivity contribution in [2.24, 2.45) is 5.73 Å². The summed E-state index contributed by atoms with van der Waals surface area (Å²) in [7, 11) is 1.61. The molecule has 5 aromatic carbocycles. The highest BCUT2D eigenvalue weighted by molar-refractivity contribution is 6.12. The summed E-state index contributed by atoms with van der Waals surface area (Å²) >= 11 is 0. The first kappa shape index (κ1) is 29.0. The third kappa shape index (κ3) is 6.89. The lowest BCUT2D eigenvalue weighted by molar-refractivity contribution is 0.0473. The van der Waals surface area contributed by atoms with E-state index in [-0.39, 0.29) is 18.3 Å². The van der Waals surface area contributed by atoms with Crippen LogP contribution < -0.4 is 15.8 Å². The largest absolute Gasteiger partial charge is 0.491 e. The van der Waals surface area contributed by atoms with Gasteiger partial charge in [0, 0.05) is 29.3 Å². The van der Waals surface area contributed by atoms with Crippen LogP contribution in [0.3, 0.4) is 0 Å². The van der Waals surface area contributed by atoms with Crippen LogP contribution in [0.25, 0.3) is 21.9 Å². The van der Waals surface area contributed by atoms with Crippen LogP contribution in [0, 0.1) is 5.41 Å². The molecule has 1 amide bonds. The van der Waals surface area contributed by atoms with E-state index in [0.29, 0.717) is 52.5 Å². The Morgan fingerprint density at radius 3 is 2.28 bits per heavy atom. The highest BCUT2D eigenvalue weighted by atomic mass is 16.5. The molecule has 0 fully saturated rings. The SMILES string of the molecule is COCCOc1cccc2cc(-c3ccccc3C(=O)Nc3ccc(C(=N)N)cc3)c(C(=O)OCc3ccccc3)cc12. The quantitative estimate of drug-likeness (QED) is 0.0725. The minimum Gasteiger partial charge on any atom is -0.491 e. The monoisotopic (exact) mass is 573 g/mol. The van der Waals surface area contributed by atoms with Gasteiger partial charge in [0.2, 0.25) is 0 Å². The summed E-state index contributed by atoms with van der Waals surface area (Å²) in [6.45, 7) is 0.865. The molecule has 5 rings (SSSR count). The number of carbonyl (C=O) groups is 2. The van der Waals surface area contributed by atoms with Crippen LogP contribution in [-0.4, -0.2) is 38.0 Å². The Morgan fingerprint density at radius 1 is 0.791 bits per heavy atom. The molecule has 0 atom stereocenters. The summed E-state index contributed by atoms with van der Waals surface area (Å²) in [6.07, 6.45) is 0. The molecule has 4 N–H and O–H groups in total. The van der Waals surface area contributed by atoms with E-state index in [2.05, 4.69) is 5.32 Å². The second kappa shape index (κ2) is 13.5. The maximum Gasteiger partial charge on any atom is 0.339 e. The standard InChI is InChI=1S/C35H31N3O5/c1-41-18-19-42-32-13-7-10-25-20-30(31(21-29(25)32)35(40)43-22-23-8-3-2-4-9-23)27-11-5-6-12-28(27)34(39)38-26-16-14-24(15-17-26)33(36)37/h2-17,20-21H,18-19,22H2,1H3,(H3,36,37)(H,38,39). The highest BCUT2D eigenvalue weighted by Crippen LogP contribution is 2.35. The van der Waals surface area contributed by atoms with E-state index in [4.69, 9.17) is 25.4 Å². The second-order valence-corrected chi connectivity index (χ2v) is 9.77. The molecule has 8 heteroatoms. The van der Waals surface area contributed by atoms with Gasteiger partial charge < -0.3 is 25.3 Å². The summed E-state index contributed by atoms with van der Waals surface area (Å²) in [5.74, 6) is -0.328. The van der Waals surface area contributed by atoms with E-state index in [0.717, 1.165) is 16.3 Å². The van der Waals surface area contributed by atoms with Crippen molar-refractivity contribution in [1.29, 1.82) is 5.41 Å². The molecule has 0 spiro atoms. The van der Waals surface area contributed by atoms with Crippen molar-refractivity contribution < 1.29 is 23.8 Å². The van der Waals surface area contributed by atoms with Crippen molar-refractivity contribution in [3.05, 3.63) is 131 Å². The molecule has 216 valence electrons. The van der Waals surface area contributed by atoms with Gasteiger partial charge in [0.1, 0.15) is 24.8 Å². The molecule has 43 heavy (non-hydrogen) atoms. The maximum atomic E-state index is 13.7. The number of benzene rings is 5. The van der Waals surface area contributed by atoms with Gasteiger partial charge >= 0.3 is 5.97 Å². The topological polar surface area (TPSA) is 124 Å². The van der Waals surface area contributed by atoms with Crippen molar-refractivity contribution in [2.45, 2.75) is 6.61 Å². The Kier molecular flexibility index (Phi) is 9.09. The number of amides is 1. The number of nitrogens with two attached hydrogens (primary N) is 1. The van der Waals surface area contributed by atoms with E-state index in [1.54, 1.807) is 49.6 Å². The lowest BCUT2D eigenvalue weighted by Gasteiger charge is -2.17. The molecule has 0 bridgehead atoms. The first-order chi connectivity index (χ1) is 20.9. The van der Waals surface area contributed by atoms with Gasteiger partial charge in [0.05, 0.1) is 12.2 Å². The molecule has 5 aromatic rings. The van der Waals surface area contributed by atoms with Gasteiger partial charge in [-0.05, 0) is 70.6 Å². The Bertz CT molecular complexity index is 1770. The van der Waals surface area contributed by atoms with Crippen LogP contribution >= 0.6 is 0 Å². The average molecular weight is 574 g/mol. The Balaban J connectivity index is 1.56. The molecule has 0 saturated carbocycles. The summed E-state index contributed by atoms with van der Waals surface area (Å²) in [6, 6.07) is 32.6. The van der Waals surface area contributed by atoms with Gasteiger partial charge in [0.25, 0.3) is 5.91 Å². The van der Waals surface area contributed by atoms with E-state index in [9.17, 15) is 9.59 Å². The van der Waals surface area contributed by atoms with Crippen molar-refractivity contribution in [1.82, 2.24) is 0 Å². The number of anilines is 1. The molecule has 8 nitrogen and oxygen atoms in total. The maximum absolute atomic E-state index is 13.7. The van der Waals surface area contributed by atoms with Crippen LogP contribution in [-0.2, 0) is 16.1 Å².